The summed E-state index contributed by atoms with van der Waals surface area (Å²) in [5.41, 5.74) is 3.42. The minimum Gasteiger partial charge on any atom is -0.492 e. The molecule has 4 rings (SSSR count). The lowest BCUT2D eigenvalue weighted by atomic mass is 10.1. The highest BCUT2D eigenvalue weighted by Crippen LogP contribution is 2.34. The number of hydrogen-bond acceptors (Lipinski definition) is 4. The Balaban J connectivity index is 1.75. The highest BCUT2D eigenvalue weighted by molar-refractivity contribution is 5.80. The third kappa shape index (κ3) is 3.17. The lowest BCUT2D eigenvalue weighted by Gasteiger charge is -2.30. The maximum Gasteiger partial charge on any atom is 0.142 e. The van der Waals surface area contributed by atoms with Gasteiger partial charge in [-0.05, 0) is 43.3 Å². The molecule has 0 unspecified atom stereocenters. The number of ether oxygens (including phenoxy) is 2. The molecule has 130 valence electrons. The van der Waals surface area contributed by atoms with Gasteiger partial charge in [-0.3, -0.25) is 0 Å². The van der Waals surface area contributed by atoms with Crippen molar-refractivity contribution in [1.29, 1.82) is 0 Å². The van der Waals surface area contributed by atoms with Crippen molar-refractivity contribution in [2.75, 3.05) is 37.8 Å². The highest BCUT2D eigenvalue weighted by Gasteiger charge is 2.17. The molecule has 1 fully saturated rings. The number of benzene rings is 2. The maximum atomic E-state index is 13.4. The Labute approximate surface area is 145 Å². The van der Waals surface area contributed by atoms with E-state index in [1.54, 1.807) is 6.07 Å². The van der Waals surface area contributed by atoms with Crippen LogP contribution in [0.25, 0.3) is 22.4 Å². The minimum absolute atomic E-state index is 0.275. The van der Waals surface area contributed by atoms with Gasteiger partial charge in [0, 0.05) is 18.7 Å². The third-order valence-corrected chi connectivity index (χ3v) is 4.33. The summed E-state index contributed by atoms with van der Waals surface area (Å²) < 4.78 is 24.7. The van der Waals surface area contributed by atoms with E-state index in [2.05, 4.69) is 20.9 Å². The number of rotatable bonds is 4. The van der Waals surface area contributed by atoms with Crippen LogP contribution in [-0.2, 0) is 4.74 Å². The van der Waals surface area contributed by atoms with Gasteiger partial charge in [0.25, 0.3) is 0 Å². The molecule has 6 heteroatoms. The zero-order valence-corrected chi connectivity index (χ0v) is 14.1. The van der Waals surface area contributed by atoms with Gasteiger partial charge < -0.3 is 19.4 Å². The van der Waals surface area contributed by atoms with E-state index in [4.69, 9.17) is 9.47 Å². The van der Waals surface area contributed by atoms with Crippen LogP contribution in [0.1, 0.15) is 6.92 Å². The molecule has 2 aromatic carbocycles. The van der Waals surface area contributed by atoms with Crippen LogP contribution < -0.4 is 9.64 Å². The predicted molar refractivity (Wildman–Crippen MR) is 95.7 cm³/mol. The smallest absolute Gasteiger partial charge is 0.142 e. The van der Waals surface area contributed by atoms with E-state index in [0.717, 1.165) is 41.4 Å². The van der Waals surface area contributed by atoms with Gasteiger partial charge >= 0.3 is 0 Å². The van der Waals surface area contributed by atoms with Crippen molar-refractivity contribution in [2.45, 2.75) is 6.92 Å². The average molecular weight is 341 g/mol. The van der Waals surface area contributed by atoms with Gasteiger partial charge in [0.05, 0.1) is 36.5 Å². The van der Waals surface area contributed by atoms with Crippen LogP contribution >= 0.6 is 0 Å². The van der Waals surface area contributed by atoms with Crippen molar-refractivity contribution in [2.24, 2.45) is 0 Å². The molecule has 0 spiro atoms. The average Bonchev–Trinajstić information content (AvgIpc) is 3.06. The SMILES string of the molecule is CCOc1ccc(-c2nc3ccc(F)cc3[nH]2)cc1N1CCOCC1. The molecular weight excluding hydrogens is 321 g/mol. The molecule has 5 nitrogen and oxygen atoms in total. The summed E-state index contributed by atoms with van der Waals surface area (Å²) in [7, 11) is 0. The van der Waals surface area contributed by atoms with Gasteiger partial charge in [0.2, 0.25) is 0 Å². The van der Waals surface area contributed by atoms with Crippen molar-refractivity contribution in [3.63, 3.8) is 0 Å². The number of aromatic nitrogens is 2. The fourth-order valence-corrected chi connectivity index (χ4v) is 3.11. The zero-order chi connectivity index (χ0) is 17.2. The van der Waals surface area contributed by atoms with Gasteiger partial charge in [0.15, 0.2) is 0 Å². The highest BCUT2D eigenvalue weighted by atomic mass is 19.1. The number of nitrogens with one attached hydrogen (secondary N) is 1. The molecule has 0 aliphatic carbocycles. The molecule has 0 atom stereocenters. The van der Waals surface area contributed by atoms with Crippen molar-refractivity contribution in [3.8, 4) is 17.1 Å². The summed E-state index contributed by atoms with van der Waals surface area (Å²) >= 11 is 0. The molecule has 0 radical (unpaired) electrons. The van der Waals surface area contributed by atoms with Crippen molar-refractivity contribution in [1.82, 2.24) is 9.97 Å². The number of nitrogens with zero attached hydrogens (tertiary/aromatic N) is 2. The summed E-state index contributed by atoms with van der Waals surface area (Å²) in [5.74, 6) is 1.30. The Morgan fingerprint density at radius 3 is 2.84 bits per heavy atom. The number of imidazole rings is 1. The first kappa shape index (κ1) is 15.9. The first-order valence-corrected chi connectivity index (χ1v) is 8.50. The first-order chi connectivity index (χ1) is 12.2. The number of morpholine rings is 1. The van der Waals surface area contributed by atoms with E-state index >= 15 is 0 Å². The van der Waals surface area contributed by atoms with E-state index in [0.29, 0.717) is 25.3 Å². The normalized spacial score (nSPS) is 14.9. The lowest BCUT2D eigenvalue weighted by Crippen LogP contribution is -2.36. The molecule has 0 amide bonds. The zero-order valence-electron chi connectivity index (χ0n) is 14.1. The van der Waals surface area contributed by atoms with Gasteiger partial charge in [-0.25, -0.2) is 9.37 Å². The quantitative estimate of drug-likeness (QED) is 0.788. The number of fused-ring (bicyclic) bond motifs is 1. The number of H-pyrrole nitrogens is 1. The standard InChI is InChI=1S/C19H20FN3O2/c1-2-25-18-6-3-13(11-17(18)23-7-9-24-10-8-23)19-21-15-5-4-14(20)12-16(15)22-19/h3-6,11-12H,2,7-10H2,1H3,(H,21,22). The van der Waals surface area contributed by atoms with Crippen LogP contribution in [-0.4, -0.2) is 42.9 Å². The second-order valence-corrected chi connectivity index (χ2v) is 5.96. The fourth-order valence-electron chi connectivity index (χ4n) is 3.11. The van der Waals surface area contributed by atoms with Gasteiger partial charge in [-0.1, -0.05) is 0 Å². The summed E-state index contributed by atoms with van der Waals surface area (Å²) in [6, 6.07) is 10.6. The lowest BCUT2D eigenvalue weighted by molar-refractivity contribution is 0.122. The Bertz CT molecular complexity index is 888. The predicted octanol–water partition coefficient (Wildman–Crippen LogP) is 3.60. The van der Waals surface area contributed by atoms with E-state index < -0.39 is 0 Å². The van der Waals surface area contributed by atoms with Crippen LogP contribution in [0.2, 0.25) is 0 Å². The van der Waals surface area contributed by atoms with Crippen molar-refractivity contribution < 1.29 is 13.9 Å². The molecule has 25 heavy (non-hydrogen) atoms. The summed E-state index contributed by atoms with van der Waals surface area (Å²) in [5, 5.41) is 0. The number of anilines is 1. The van der Waals surface area contributed by atoms with Crippen LogP contribution in [0.3, 0.4) is 0 Å². The van der Waals surface area contributed by atoms with Crippen LogP contribution in [0, 0.1) is 5.82 Å². The molecule has 3 aromatic rings. The topological polar surface area (TPSA) is 50.4 Å². The number of halogens is 1. The Morgan fingerprint density at radius 1 is 1.20 bits per heavy atom. The fraction of sp³-hybridized carbons (Fsp3) is 0.316. The van der Waals surface area contributed by atoms with Crippen LogP contribution in [0.5, 0.6) is 5.75 Å². The molecule has 1 aromatic heterocycles. The summed E-state index contributed by atoms with van der Waals surface area (Å²) in [6.07, 6.45) is 0. The summed E-state index contributed by atoms with van der Waals surface area (Å²) in [4.78, 5) is 10.0. The van der Waals surface area contributed by atoms with E-state index in [1.165, 1.54) is 12.1 Å². The Hall–Kier alpha value is -2.60. The summed E-state index contributed by atoms with van der Waals surface area (Å²) in [6.45, 7) is 5.66. The molecule has 2 heterocycles. The van der Waals surface area contributed by atoms with Crippen LogP contribution in [0.4, 0.5) is 10.1 Å². The van der Waals surface area contributed by atoms with Crippen molar-refractivity contribution in [3.05, 3.63) is 42.2 Å². The molecule has 0 saturated carbocycles. The van der Waals surface area contributed by atoms with Gasteiger partial charge in [0.1, 0.15) is 17.4 Å². The number of aromatic amines is 1. The van der Waals surface area contributed by atoms with E-state index in [-0.39, 0.29) is 5.82 Å². The second kappa shape index (κ2) is 6.72. The molecule has 1 aliphatic rings. The third-order valence-electron chi connectivity index (χ3n) is 4.33. The maximum absolute atomic E-state index is 13.4. The largest absolute Gasteiger partial charge is 0.492 e. The monoisotopic (exact) mass is 341 g/mol. The minimum atomic E-state index is -0.275. The molecule has 1 aliphatic heterocycles. The number of hydrogen-bond donors (Lipinski definition) is 1. The van der Waals surface area contributed by atoms with Gasteiger partial charge in [-0.2, -0.15) is 0 Å². The van der Waals surface area contributed by atoms with E-state index in [9.17, 15) is 4.39 Å². The van der Waals surface area contributed by atoms with Crippen LogP contribution in [0.15, 0.2) is 36.4 Å². The second-order valence-electron chi connectivity index (χ2n) is 5.96. The Morgan fingerprint density at radius 2 is 2.04 bits per heavy atom. The molecule has 1 N–H and O–H groups in total. The van der Waals surface area contributed by atoms with E-state index in [1.807, 2.05) is 19.1 Å². The molecule has 0 bridgehead atoms. The van der Waals surface area contributed by atoms with Crippen molar-refractivity contribution >= 4 is 16.7 Å². The molecule has 1 saturated heterocycles. The first-order valence-electron chi connectivity index (χ1n) is 8.50. The molecular formula is C19H20FN3O2. The van der Waals surface area contributed by atoms with Gasteiger partial charge in [-0.15, -0.1) is 0 Å². The Kier molecular flexibility index (Phi) is 4.28.